The number of carbonyl (C=O) groups excluding carboxylic acids is 1. The molecule has 0 radical (unpaired) electrons. The first-order valence-corrected chi connectivity index (χ1v) is 4.21. The van der Waals surface area contributed by atoms with E-state index in [2.05, 4.69) is 14.5 Å². The molecule has 0 amide bonds. The van der Waals surface area contributed by atoms with Crippen LogP contribution in [0.1, 0.15) is 10.4 Å². The number of rotatable bonds is 4. The van der Waals surface area contributed by atoms with Gasteiger partial charge in [-0.15, -0.1) is 0 Å². The molecule has 1 aromatic rings. The van der Waals surface area contributed by atoms with E-state index in [9.17, 15) is 18.0 Å². The van der Waals surface area contributed by atoms with Gasteiger partial charge in [-0.2, -0.15) is 13.2 Å². The van der Waals surface area contributed by atoms with Crippen molar-refractivity contribution in [3.63, 3.8) is 0 Å². The summed E-state index contributed by atoms with van der Waals surface area (Å²) in [5, 5.41) is 0. The van der Waals surface area contributed by atoms with E-state index >= 15 is 0 Å². The predicted molar refractivity (Wildman–Crippen MR) is 46.5 cm³/mol. The van der Waals surface area contributed by atoms with E-state index in [0.29, 0.717) is 0 Å². The maximum atomic E-state index is 11.6. The number of ether oxygens (including phenoxy) is 2. The first-order valence-electron chi connectivity index (χ1n) is 4.21. The minimum atomic E-state index is -4.43. The highest BCUT2D eigenvalue weighted by Crippen LogP contribution is 2.14. The molecule has 0 aromatic carbocycles. The maximum Gasteiger partial charge on any atom is 0.411 e. The molecule has 1 aromatic heterocycles. The molecule has 0 fully saturated rings. The van der Waals surface area contributed by atoms with E-state index in [1.54, 1.807) is 0 Å². The molecule has 0 saturated heterocycles. The van der Waals surface area contributed by atoms with Gasteiger partial charge >= 0.3 is 12.1 Å². The summed E-state index contributed by atoms with van der Waals surface area (Å²) in [7, 11) is 0. The topological polar surface area (TPSA) is 48.4 Å². The van der Waals surface area contributed by atoms with Gasteiger partial charge in [0.05, 0.1) is 5.56 Å². The smallest absolute Gasteiger partial charge is 0.411 e. The molecule has 4 nitrogen and oxygen atoms in total. The average molecular weight is 235 g/mol. The van der Waals surface area contributed by atoms with Crippen LogP contribution in [-0.2, 0) is 9.47 Å². The molecular weight excluding hydrogens is 227 g/mol. The van der Waals surface area contributed by atoms with Gasteiger partial charge in [0.15, 0.2) is 6.79 Å². The van der Waals surface area contributed by atoms with Gasteiger partial charge in [-0.1, -0.05) is 0 Å². The molecule has 0 aliphatic carbocycles. The summed E-state index contributed by atoms with van der Waals surface area (Å²) in [6.07, 6.45) is -1.73. The minimum absolute atomic E-state index is 0.151. The van der Waals surface area contributed by atoms with Crippen molar-refractivity contribution in [2.24, 2.45) is 0 Å². The summed E-state index contributed by atoms with van der Waals surface area (Å²) < 4.78 is 43.4. The van der Waals surface area contributed by atoms with Crippen LogP contribution in [0.25, 0.3) is 0 Å². The Morgan fingerprint density at radius 2 is 2.19 bits per heavy atom. The molecule has 0 unspecified atom stereocenters. The average Bonchev–Trinajstić information content (AvgIpc) is 2.24. The quantitative estimate of drug-likeness (QED) is 0.453. The van der Waals surface area contributed by atoms with Gasteiger partial charge in [-0.25, -0.2) is 4.79 Å². The zero-order valence-corrected chi connectivity index (χ0v) is 8.03. The van der Waals surface area contributed by atoms with Gasteiger partial charge in [-0.05, 0) is 12.1 Å². The Morgan fingerprint density at radius 1 is 1.44 bits per heavy atom. The summed E-state index contributed by atoms with van der Waals surface area (Å²) >= 11 is 0. The number of hydrogen-bond acceptors (Lipinski definition) is 4. The van der Waals surface area contributed by atoms with Crippen LogP contribution in [0.5, 0.6) is 0 Å². The van der Waals surface area contributed by atoms with Crippen molar-refractivity contribution in [2.75, 3.05) is 13.4 Å². The number of carbonyl (C=O) groups is 1. The summed E-state index contributed by atoms with van der Waals surface area (Å²) in [6.45, 7) is -2.19. The SMILES string of the molecule is O=C(OCOCC(F)(F)F)c1cccnc1. The molecule has 7 heteroatoms. The summed E-state index contributed by atoms with van der Waals surface area (Å²) in [5.74, 6) is -0.782. The molecule has 0 aliphatic heterocycles. The summed E-state index contributed by atoms with van der Waals surface area (Å²) in [4.78, 5) is 14.8. The Kier molecular flexibility index (Phi) is 4.24. The van der Waals surface area contributed by atoms with Crippen LogP contribution in [0.4, 0.5) is 13.2 Å². The third-order valence-corrected chi connectivity index (χ3v) is 1.44. The zero-order chi connectivity index (χ0) is 12.0. The molecule has 16 heavy (non-hydrogen) atoms. The number of halogens is 3. The molecule has 0 bridgehead atoms. The largest absolute Gasteiger partial charge is 0.435 e. The Hall–Kier alpha value is -1.63. The lowest BCUT2D eigenvalue weighted by molar-refractivity contribution is -0.190. The van der Waals surface area contributed by atoms with Crippen LogP contribution in [0.3, 0.4) is 0 Å². The molecule has 0 saturated carbocycles. The second-order valence-electron chi connectivity index (χ2n) is 2.75. The fourth-order valence-corrected chi connectivity index (χ4v) is 0.819. The van der Waals surface area contributed by atoms with E-state index in [0.717, 1.165) is 0 Å². The molecule has 1 heterocycles. The fraction of sp³-hybridized carbons (Fsp3) is 0.333. The Morgan fingerprint density at radius 3 is 2.75 bits per heavy atom. The standard InChI is InChI=1S/C9H8F3NO3/c10-9(11,12)5-15-6-16-8(14)7-2-1-3-13-4-7/h1-4H,5-6H2. The lowest BCUT2D eigenvalue weighted by Gasteiger charge is -2.07. The van der Waals surface area contributed by atoms with Gasteiger partial charge in [0.1, 0.15) is 6.61 Å². The lowest BCUT2D eigenvalue weighted by atomic mass is 10.3. The number of alkyl halides is 3. The van der Waals surface area contributed by atoms with Crippen molar-refractivity contribution in [3.8, 4) is 0 Å². The Bertz CT molecular complexity index is 340. The van der Waals surface area contributed by atoms with Crippen LogP contribution < -0.4 is 0 Å². The first kappa shape index (κ1) is 12.4. The number of nitrogens with zero attached hydrogens (tertiary/aromatic N) is 1. The van der Waals surface area contributed by atoms with Gasteiger partial charge in [-0.3, -0.25) is 4.98 Å². The van der Waals surface area contributed by atoms with Crippen molar-refractivity contribution < 1.29 is 27.4 Å². The van der Waals surface area contributed by atoms with Crippen LogP contribution >= 0.6 is 0 Å². The highest BCUT2D eigenvalue weighted by molar-refractivity contribution is 5.88. The van der Waals surface area contributed by atoms with Gasteiger partial charge in [0.2, 0.25) is 0 Å². The number of pyridine rings is 1. The van der Waals surface area contributed by atoms with Crippen LogP contribution in [0, 0.1) is 0 Å². The first-order chi connectivity index (χ1) is 7.49. The second-order valence-corrected chi connectivity index (χ2v) is 2.75. The van der Waals surface area contributed by atoms with Gasteiger partial charge < -0.3 is 9.47 Å². The molecular formula is C9H8F3NO3. The fourth-order valence-electron chi connectivity index (χ4n) is 0.819. The lowest BCUT2D eigenvalue weighted by Crippen LogP contribution is -2.19. The van der Waals surface area contributed by atoms with Crippen LogP contribution in [0.15, 0.2) is 24.5 Å². The summed E-state index contributed by atoms with van der Waals surface area (Å²) in [5.41, 5.74) is 0.151. The van der Waals surface area contributed by atoms with Crippen molar-refractivity contribution >= 4 is 5.97 Å². The van der Waals surface area contributed by atoms with E-state index in [4.69, 9.17) is 0 Å². The van der Waals surface area contributed by atoms with Crippen molar-refractivity contribution in [1.82, 2.24) is 4.98 Å². The van der Waals surface area contributed by atoms with Crippen molar-refractivity contribution in [2.45, 2.75) is 6.18 Å². The summed E-state index contributed by atoms with van der Waals surface area (Å²) in [6, 6.07) is 2.94. The van der Waals surface area contributed by atoms with E-state index in [-0.39, 0.29) is 5.56 Å². The number of aromatic nitrogens is 1. The van der Waals surface area contributed by atoms with Gasteiger partial charge in [0, 0.05) is 12.4 Å². The normalized spacial score (nSPS) is 11.2. The van der Waals surface area contributed by atoms with Crippen LogP contribution in [-0.4, -0.2) is 30.5 Å². The Labute approximate surface area is 89.0 Å². The third-order valence-electron chi connectivity index (χ3n) is 1.44. The highest BCUT2D eigenvalue weighted by atomic mass is 19.4. The molecule has 0 spiro atoms. The molecule has 88 valence electrons. The van der Waals surface area contributed by atoms with Crippen molar-refractivity contribution in [1.29, 1.82) is 0 Å². The number of esters is 1. The van der Waals surface area contributed by atoms with Crippen LogP contribution in [0.2, 0.25) is 0 Å². The maximum absolute atomic E-state index is 11.6. The van der Waals surface area contributed by atoms with E-state index in [1.807, 2.05) is 0 Å². The molecule has 1 rings (SSSR count). The van der Waals surface area contributed by atoms with E-state index < -0.39 is 25.5 Å². The van der Waals surface area contributed by atoms with Gasteiger partial charge in [0.25, 0.3) is 0 Å². The Balaban J connectivity index is 2.27. The zero-order valence-electron chi connectivity index (χ0n) is 8.03. The third kappa shape index (κ3) is 4.74. The highest BCUT2D eigenvalue weighted by Gasteiger charge is 2.27. The number of hydrogen-bond donors (Lipinski definition) is 0. The molecule has 0 N–H and O–H groups in total. The monoisotopic (exact) mass is 235 g/mol. The predicted octanol–water partition coefficient (Wildman–Crippen LogP) is 1.77. The minimum Gasteiger partial charge on any atom is -0.435 e. The second kappa shape index (κ2) is 5.45. The van der Waals surface area contributed by atoms with E-state index in [1.165, 1.54) is 24.5 Å². The van der Waals surface area contributed by atoms with Crippen molar-refractivity contribution in [3.05, 3.63) is 30.1 Å². The molecule has 0 aliphatic rings. The molecule has 0 atom stereocenters.